The zero-order valence-electron chi connectivity index (χ0n) is 19.2. The summed E-state index contributed by atoms with van der Waals surface area (Å²) in [5.41, 5.74) is 5.81. The lowest BCUT2D eigenvalue weighted by Gasteiger charge is -1.99. The average molecular weight is 475 g/mol. The van der Waals surface area contributed by atoms with E-state index in [9.17, 15) is 9.59 Å². The molecule has 4 aromatic rings. The smallest absolute Gasteiger partial charge is 0.335 e. The van der Waals surface area contributed by atoms with E-state index in [1.165, 1.54) is 0 Å². The Morgan fingerprint density at radius 2 is 0.778 bits per heavy atom. The van der Waals surface area contributed by atoms with Crippen LogP contribution in [0.1, 0.15) is 43.0 Å². The first kappa shape index (κ1) is 24.0. The van der Waals surface area contributed by atoms with Crippen LogP contribution in [0, 0.1) is 0 Å². The first-order valence-electron chi connectivity index (χ1n) is 11.1. The van der Waals surface area contributed by atoms with E-state index in [4.69, 9.17) is 10.2 Å². The van der Waals surface area contributed by atoms with Crippen molar-refractivity contribution in [2.24, 2.45) is 9.98 Å². The SMILES string of the molecule is O=C(O)c1ccc(/C=N/c2ccc(/C=C/c3ccc(/N=C/c4ccc(C(=O)O)cc4)cc3)cc2)cc1. The van der Waals surface area contributed by atoms with Gasteiger partial charge in [-0.1, -0.05) is 60.7 Å². The number of carbonyl (C=O) groups is 2. The summed E-state index contributed by atoms with van der Waals surface area (Å²) in [6.07, 6.45) is 7.43. The minimum Gasteiger partial charge on any atom is -0.478 e. The number of hydrogen-bond donors (Lipinski definition) is 2. The Bertz CT molecular complexity index is 1320. The van der Waals surface area contributed by atoms with E-state index in [1.807, 2.05) is 60.7 Å². The second kappa shape index (κ2) is 11.4. The van der Waals surface area contributed by atoms with Crippen LogP contribution in [0.2, 0.25) is 0 Å². The molecule has 176 valence electrons. The topological polar surface area (TPSA) is 99.3 Å². The van der Waals surface area contributed by atoms with Gasteiger partial charge in [0.05, 0.1) is 22.5 Å². The van der Waals surface area contributed by atoms with Gasteiger partial charge in [-0.05, 0) is 70.8 Å². The highest BCUT2D eigenvalue weighted by atomic mass is 16.4. The van der Waals surface area contributed by atoms with E-state index in [2.05, 4.69) is 9.98 Å². The van der Waals surface area contributed by atoms with Crippen LogP contribution in [-0.4, -0.2) is 34.6 Å². The molecule has 0 heterocycles. The molecule has 6 heteroatoms. The molecule has 0 saturated heterocycles. The van der Waals surface area contributed by atoms with Gasteiger partial charge in [0.1, 0.15) is 0 Å². The van der Waals surface area contributed by atoms with Crippen molar-refractivity contribution < 1.29 is 19.8 Å². The zero-order valence-corrected chi connectivity index (χ0v) is 19.2. The Hall–Kier alpha value is -5.10. The third-order valence-electron chi connectivity index (χ3n) is 5.30. The molecule has 4 rings (SSSR count). The summed E-state index contributed by atoms with van der Waals surface area (Å²) in [5, 5.41) is 17.9. The molecule has 0 aromatic heterocycles. The highest BCUT2D eigenvalue weighted by Gasteiger charge is 2.01. The monoisotopic (exact) mass is 474 g/mol. The van der Waals surface area contributed by atoms with Crippen LogP contribution in [-0.2, 0) is 0 Å². The zero-order chi connectivity index (χ0) is 25.3. The quantitative estimate of drug-likeness (QED) is 0.218. The van der Waals surface area contributed by atoms with Gasteiger partial charge in [-0.3, -0.25) is 9.98 Å². The van der Waals surface area contributed by atoms with Crippen molar-refractivity contribution in [3.63, 3.8) is 0 Å². The lowest BCUT2D eigenvalue weighted by Crippen LogP contribution is -1.95. The van der Waals surface area contributed by atoms with Crippen molar-refractivity contribution >= 4 is 47.9 Å². The summed E-state index contributed by atoms with van der Waals surface area (Å²) in [6.45, 7) is 0. The molecule has 0 unspecified atom stereocenters. The van der Waals surface area contributed by atoms with Crippen LogP contribution in [0.5, 0.6) is 0 Å². The molecular formula is C30H22N2O4. The molecule has 0 radical (unpaired) electrons. The largest absolute Gasteiger partial charge is 0.478 e. The van der Waals surface area contributed by atoms with Crippen molar-refractivity contribution in [3.8, 4) is 0 Å². The molecule has 0 spiro atoms. The summed E-state index contributed by atoms with van der Waals surface area (Å²) in [4.78, 5) is 30.7. The Morgan fingerprint density at radius 1 is 0.472 bits per heavy atom. The number of aliphatic imine (C=N–C) groups is 2. The third-order valence-corrected chi connectivity index (χ3v) is 5.30. The van der Waals surface area contributed by atoms with Gasteiger partial charge in [-0.25, -0.2) is 9.59 Å². The second-order valence-corrected chi connectivity index (χ2v) is 7.89. The van der Waals surface area contributed by atoms with Crippen molar-refractivity contribution in [1.29, 1.82) is 0 Å². The standard InChI is InChI=1S/C30H22N2O4/c33-29(34)25-11-3-23(4-12-25)19-31-27-15-7-21(8-16-27)1-2-22-9-17-28(18-10-22)32-20-24-5-13-26(14-6-24)30(35)36/h1-20H,(H,33,34)(H,35,36)/b2-1+,31-19+,32-20+. The lowest BCUT2D eigenvalue weighted by molar-refractivity contribution is 0.0686. The highest BCUT2D eigenvalue weighted by Crippen LogP contribution is 2.18. The number of carboxylic acids is 2. The molecule has 0 amide bonds. The molecule has 0 saturated carbocycles. The third kappa shape index (κ3) is 6.71. The highest BCUT2D eigenvalue weighted by molar-refractivity contribution is 5.90. The fraction of sp³-hybridized carbons (Fsp3) is 0. The molecule has 0 aliphatic heterocycles. The number of carboxylic acid groups (broad SMARTS) is 2. The van der Waals surface area contributed by atoms with Crippen LogP contribution < -0.4 is 0 Å². The Labute approximate surface area is 208 Å². The summed E-state index contributed by atoms with van der Waals surface area (Å²) < 4.78 is 0. The van der Waals surface area contributed by atoms with Crippen molar-refractivity contribution in [2.75, 3.05) is 0 Å². The minimum absolute atomic E-state index is 0.246. The molecule has 2 N–H and O–H groups in total. The number of hydrogen-bond acceptors (Lipinski definition) is 4. The van der Waals surface area contributed by atoms with Gasteiger partial charge in [-0.15, -0.1) is 0 Å². The Kier molecular flexibility index (Phi) is 7.58. The predicted octanol–water partition coefficient (Wildman–Crippen LogP) is 6.75. The van der Waals surface area contributed by atoms with E-state index in [1.54, 1.807) is 61.0 Å². The number of rotatable bonds is 8. The van der Waals surface area contributed by atoms with Gasteiger partial charge in [0, 0.05) is 12.4 Å². The maximum absolute atomic E-state index is 10.9. The van der Waals surface area contributed by atoms with Crippen LogP contribution in [0.3, 0.4) is 0 Å². The number of nitrogens with zero attached hydrogens (tertiary/aromatic N) is 2. The predicted molar refractivity (Wildman–Crippen MR) is 143 cm³/mol. The molecule has 0 aliphatic carbocycles. The molecule has 36 heavy (non-hydrogen) atoms. The Balaban J connectivity index is 1.33. The van der Waals surface area contributed by atoms with Gasteiger partial charge in [0.2, 0.25) is 0 Å². The maximum Gasteiger partial charge on any atom is 0.335 e. The van der Waals surface area contributed by atoms with E-state index < -0.39 is 11.9 Å². The molecule has 0 atom stereocenters. The van der Waals surface area contributed by atoms with Crippen LogP contribution in [0.4, 0.5) is 11.4 Å². The van der Waals surface area contributed by atoms with Crippen LogP contribution >= 0.6 is 0 Å². The second-order valence-electron chi connectivity index (χ2n) is 7.89. The fourth-order valence-electron chi connectivity index (χ4n) is 3.26. The lowest BCUT2D eigenvalue weighted by atomic mass is 10.1. The van der Waals surface area contributed by atoms with Crippen molar-refractivity contribution in [1.82, 2.24) is 0 Å². The van der Waals surface area contributed by atoms with Crippen LogP contribution in [0.15, 0.2) is 107 Å². The molecule has 0 bridgehead atoms. The molecule has 6 nitrogen and oxygen atoms in total. The minimum atomic E-state index is -0.950. The molecule has 4 aromatic carbocycles. The van der Waals surface area contributed by atoms with E-state index >= 15 is 0 Å². The normalized spacial score (nSPS) is 11.4. The summed E-state index contributed by atoms with van der Waals surface area (Å²) >= 11 is 0. The number of benzene rings is 4. The number of aromatic carboxylic acids is 2. The summed E-state index contributed by atoms with van der Waals surface area (Å²) in [7, 11) is 0. The van der Waals surface area contributed by atoms with E-state index in [0.29, 0.717) is 0 Å². The molecular weight excluding hydrogens is 452 g/mol. The molecule has 0 aliphatic rings. The van der Waals surface area contributed by atoms with Gasteiger partial charge < -0.3 is 10.2 Å². The van der Waals surface area contributed by atoms with Crippen molar-refractivity contribution in [2.45, 2.75) is 0 Å². The summed E-state index contributed by atoms with van der Waals surface area (Å²) in [6, 6.07) is 28.7. The van der Waals surface area contributed by atoms with Gasteiger partial charge in [-0.2, -0.15) is 0 Å². The summed E-state index contributed by atoms with van der Waals surface area (Å²) in [5.74, 6) is -1.90. The Morgan fingerprint density at radius 3 is 1.08 bits per heavy atom. The maximum atomic E-state index is 10.9. The first-order valence-corrected chi connectivity index (χ1v) is 11.1. The van der Waals surface area contributed by atoms with Gasteiger partial charge >= 0.3 is 11.9 Å². The van der Waals surface area contributed by atoms with Gasteiger partial charge in [0.25, 0.3) is 0 Å². The molecule has 0 fully saturated rings. The van der Waals surface area contributed by atoms with Gasteiger partial charge in [0.15, 0.2) is 0 Å². The van der Waals surface area contributed by atoms with Crippen molar-refractivity contribution in [3.05, 3.63) is 130 Å². The van der Waals surface area contributed by atoms with E-state index in [-0.39, 0.29) is 11.1 Å². The van der Waals surface area contributed by atoms with E-state index in [0.717, 1.165) is 33.6 Å². The first-order chi connectivity index (χ1) is 17.5. The average Bonchev–Trinajstić information content (AvgIpc) is 2.91. The van der Waals surface area contributed by atoms with Crippen LogP contribution in [0.25, 0.3) is 12.2 Å². The fourth-order valence-corrected chi connectivity index (χ4v) is 3.26.